The number of nitrogens with zero attached hydrogens (tertiary/aromatic N) is 6. The molecule has 0 radical (unpaired) electrons. The number of benzene rings is 1. The van der Waals surface area contributed by atoms with E-state index >= 15 is 0 Å². The SMILES string of the molecule is CC[C@H](c1cc(F)ccc1F)N1C(=O)N2C(=O)[C@H](Cc3cc(C)nc(N)c3)[C@H]2C(=O)N1c1cnn(C)c1. The minimum absolute atomic E-state index is 0.108. The molecule has 0 spiro atoms. The lowest BCUT2D eigenvalue weighted by atomic mass is 9.81. The van der Waals surface area contributed by atoms with Gasteiger partial charge >= 0.3 is 6.03 Å². The van der Waals surface area contributed by atoms with Crippen molar-refractivity contribution in [1.82, 2.24) is 24.7 Å². The van der Waals surface area contributed by atoms with Crippen molar-refractivity contribution in [1.29, 1.82) is 0 Å². The molecule has 1 aromatic carbocycles. The van der Waals surface area contributed by atoms with Crippen molar-refractivity contribution in [3.05, 3.63) is 71.2 Å². The molecule has 3 atom stereocenters. The molecule has 0 aliphatic carbocycles. The Bertz CT molecular complexity index is 1400. The number of fused-ring (bicyclic) bond motifs is 1. The van der Waals surface area contributed by atoms with Crippen LogP contribution in [0.15, 0.2) is 42.7 Å². The summed E-state index contributed by atoms with van der Waals surface area (Å²) in [4.78, 5) is 45.9. The Kier molecular flexibility index (Phi) is 5.89. The number of nitrogen functional groups attached to an aromatic ring is 1. The number of β-lactam (4-membered cyclic amide) rings is 1. The molecule has 2 saturated heterocycles. The zero-order valence-electron chi connectivity index (χ0n) is 20.4. The van der Waals surface area contributed by atoms with E-state index in [-0.39, 0.29) is 29.9 Å². The number of aryl methyl sites for hydroxylation is 2. The number of nitrogens with two attached hydrogens (primary N) is 1. The Labute approximate surface area is 211 Å². The van der Waals surface area contributed by atoms with Crippen LogP contribution in [0.1, 0.15) is 36.2 Å². The predicted molar refractivity (Wildman–Crippen MR) is 129 cm³/mol. The summed E-state index contributed by atoms with van der Waals surface area (Å²) in [5.74, 6) is -3.02. The van der Waals surface area contributed by atoms with Gasteiger partial charge in [-0.2, -0.15) is 5.10 Å². The van der Waals surface area contributed by atoms with Crippen LogP contribution in [-0.2, 0) is 23.1 Å². The van der Waals surface area contributed by atoms with Gasteiger partial charge in [0, 0.05) is 18.3 Å². The number of hydrogen-bond donors (Lipinski definition) is 1. The van der Waals surface area contributed by atoms with E-state index in [1.165, 1.54) is 17.1 Å². The van der Waals surface area contributed by atoms with Crippen LogP contribution >= 0.6 is 0 Å². The van der Waals surface area contributed by atoms with Gasteiger partial charge in [0.25, 0.3) is 5.91 Å². The van der Waals surface area contributed by atoms with Crippen molar-refractivity contribution in [2.24, 2.45) is 13.0 Å². The summed E-state index contributed by atoms with van der Waals surface area (Å²) in [7, 11) is 1.64. The van der Waals surface area contributed by atoms with Gasteiger partial charge in [0.2, 0.25) is 5.91 Å². The Balaban J connectivity index is 1.57. The van der Waals surface area contributed by atoms with E-state index in [9.17, 15) is 23.2 Å². The largest absolute Gasteiger partial charge is 0.384 e. The highest BCUT2D eigenvalue weighted by atomic mass is 19.1. The maximum Gasteiger partial charge on any atom is 0.347 e. The molecule has 37 heavy (non-hydrogen) atoms. The van der Waals surface area contributed by atoms with E-state index in [2.05, 4.69) is 10.1 Å². The zero-order chi connectivity index (χ0) is 26.6. The first kappa shape index (κ1) is 24.3. The lowest BCUT2D eigenvalue weighted by Gasteiger charge is -2.55. The number of imide groups is 1. The smallest absolute Gasteiger partial charge is 0.347 e. The number of amides is 4. The minimum Gasteiger partial charge on any atom is -0.384 e. The van der Waals surface area contributed by atoms with Gasteiger partial charge in [0.1, 0.15) is 29.2 Å². The van der Waals surface area contributed by atoms with Crippen molar-refractivity contribution < 1.29 is 23.2 Å². The molecule has 2 N–H and O–H groups in total. The third-order valence-corrected chi connectivity index (χ3v) is 6.72. The standard InChI is InChI=1S/C25H25F2N7O3/c1-4-20(17-10-15(26)5-6-19(17)27)34-25(37)32-22(24(36)33(34)16-11-29-31(3)12-16)18(23(32)35)8-14-7-13(2)30-21(28)9-14/h5-7,9-12,18,20,22H,4,8H2,1-3H3,(H2,28,30)/t18-,20-,22+/m1/s1. The Morgan fingerprint density at radius 3 is 2.51 bits per heavy atom. The topological polar surface area (TPSA) is 118 Å². The first-order chi connectivity index (χ1) is 17.6. The molecule has 4 amide bonds. The molecule has 192 valence electrons. The second-order valence-electron chi connectivity index (χ2n) is 9.24. The number of hydrazine groups is 1. The maximum absolute atomic E-state index is 14.8. The summed E-state index contributed by atoms with van der Waals surface area (Å²) in [5, 5.41) is 6.26. The first-order valence-corrected chi connectivity index (χ1v) is 11.8. The van der Waals surface area contributed by atoms with Gasteiger partial charge in [-0.15, -0.1) is 0 Å². The number of pyridine rings is 1. The summed E-state index contributed by atoms with van der Waals surface area (Å²) in [5.41, 5.74) is 7.38. The summed E-state index contributed by atoms with van der Waals surface area (Å²) >= 11 is 0. The number of anilines is 2. The molecule has 3 aromatic rings. The van der Waals surface area contributed by atoms with Crippen LogP contribution in [0.25, 0.3) is 0 Å². The van der Waals surface area contributed by atoms with E-state index in [4.69, 9.17) is 5.73 Å². The van der Waals surface area contributed by atoms with Gasteiger partial charge in [0.15, 0.2) is 0 Å². The fraction of sp³-hybridized carbons (Fsp3) is 0.320. The van der Waals surface area contributed by atoms with Gasteiger partial charge in [-0.3, -0.25) is 14.3 Å². The number of carbonyl (C=O) groups is 3. The second kappa shape index (κ2) is 8.95. The van der Waals surface area contributed by atoms with Gasteiger partial charge in [-0.1, -0.05) is 6.92 Å². The molecule has 2 fully saturated rings. The molecule has 5 rings (SSSR count). The average molecular weight is 510 g/mol. The van der Waals surface area contributed by atoms with E-state index in [0.29, 0.717) is 11.3 Å². The minimum atomic E-state index is -1.07. The van der Waals surface area contributed by atoms with E-state index < -0.39 is 47.5 Å². The number of aromatic nitrogens is 3. The molecule has 12 heteroatoms. The lowest BCUT2D eigenvalue weighted by molar-refractivity contribution is -0.162. The van der Waals surface area contributed by atoms with Crippen molar-refractivity contribution in [3.63, 3.8) is 0 Å². The Morgan fingerprint density at radius 2 is 1.86 bits per heavy atom. The molecule has 10 nitrogen and oxygen atoms in total. The molecule has 0 unspecified atom stereocenters. The average Bonchev–Trinajstić information content (AvgIpc) is 3.26. The normalized spacial score (nSPS) is 20.2. The molecular formula is C25H25F2N7O3. The van der Waals surface area contributed by atoms with Crippen LogP contribution in [0.4, 0.5) is 25.1 Å². The Hall–Kier alpha value is -4.35. The molecule has 0 saturated carbocycles. The first-order valence-electron chi connectivity index (χ1n) is 11.8. The van der Waals surface area contributed by atoms with Crippen molar-refractivity contribution in [3.8, 4) is 0 Å². The van der Waals surface area contributed by atoms with Crippen LogP contribution in [0.5, 0.6) is 0 Å². The molecule has 0 bridgehead atoms. The van der Waals surface area contributed by atoms with Crippen molar-refractivity contribution >= 4 is 29.4 Å². The number of halogens is 2. The highest BCUT2D eigenvalue weighted by Crippen LogP contribution is 2.42. The number of urea groups is 1. The summed E-state index contributed by atoms with van der Waals surface area (Å²) in [6.07, 6.45) is 3.25. The monoisotopic (exact) mass is 509 g/mol. The highest BCUT2D eigenvalue weighted by molar-refractivity contribution is 6.16. The van der Waals surface area contributed by atoms with E-state index in [0.717, 1.165) is 33.1 Å². The molecule has 2 aromatic heterocycles. The molecule has 2 aliphatic rings. The quantitative estimate of drug-likeness (QED) is 0.511. The van der Waals surface area contributed by atoms with Crippen LogP contribution in [-0.4, -0.2) is 48.6 Å². The van der Waals surface area contributed by atoms with Gasteiger partial charge in [-0.05, 0) is 55.7 Å². The number of rotatable bonds is 6. The van der Waals surface area contributed by atoms with Crippen molar-refractivity contribution in [2.45, 2.75) is 38.8 Å². The fourth-order valence-electron chi connectivity index (χ4n) is 5.15. The molecule has 4 heterocycles. The molecular weight excluding hydrogens is 484 g/mol. The lowest BCUT2D eigenvalue weighted by Crippen LogP contribution is -2.78. The van der Waals surface area contributed by atoms with Crippen LogP contribution in [0.3, 0.4) is 0 Å². The number of hydrogen-bond acceptors (Lipinski definition) is 6. The second-order valence-corrected chi connectivity index (χ2v) is 9.24. The van der Waals surface area contributed by atoms with Gasteiger partial charge in [-0.25, -0.2) is 33.5 Å². The van der Waals surface area contributed by atoms with E-state index in [1.807, 2.05) is 0 Å². The predicted octanol–water partition coefficient (Wildman–Crippen LogP) is 2.89. The van der Waals surface area contributed by atoms with E-state index in [1.54, 1.807) is 33.0 Å². The fourth-order valence-corrected chi connectivity index (χ4v) is 5.15. The maximum atomic E-state index is 14.8. The van der Waals surface area contributed by atoms with Crippen LogP contribution in [0, 0.1) is 24.5 Å². The highest BCUT2D eigenvalue weighted by Gasteiger charge is 2.62. The number of carbonyl (C=O) groups excluding carboxylic acids is 3. The van der Waals surface area contributed by atoms with Crippen LogP contribution in [0.2, 0.25) is 0 Å². The summed E-state index contributed by atoms with van der Waals surface area (Å²) in [6.45, 7) is 3.44. The van der Waals surface area contributed by atoms with Gasteiger partial charge < -0.3 is 5.73 Å². The third-order valence-electron chi connectivity index (χ3n) is 6.72. The summed E-state index contributed by atoms with van der Waals surface area (Å²) < 4.78 is 30.4. The van der Waals surface area contributed by atoms with Crippen molar-refractivity contribution in [2.75, 3.05) is 10.7 Å². The zero-order valence-corrected chi connectivity index (χ0v) is 20.4. The molecule has 2 aliphatic heterocycles. The Morgan fingerprint density at radius 1 is 1.11 bits per heavy atom. The van der Waals surface area contributed by atoms with Crippen LogP contribution < -0.4 is 10.7 Å². The van der Waals surface area contributed by atoms with Gasteiger partial charge in [0.05, 0.1) is 24.4 Å². The summed E-state index contributed by atoms with van der Waals surface area (Å²) in [6, 6.07) is 3.40. The third kappa shape index (κ3) is 3.98.